The summed E-state index contributed by atoms with van der Waals surface area (Å²) in [4.78, 5) is 14.8. The van der Waals surface area contributed by atoms with Gasteiger partial charge in [-0.15, -0.1) is 0 Å². The van der Waals surface area contributed by atoms with Gasteiger partial charge in [-0.05, 0) is 74.7 Å². The molecule has 2 N–H and O–H groups in total. The lowest BCUT2D eigenvalue weighted by atomic mass is 9.82. The smallest absolute Gasteiger partial charge is 0.251 e. The summed E-state index contributed by atoms with van der Waals surface area (Å²) in [6.45, 7) is 0. The number of anilines is 1. The van der Waals surface area contributed by atoms with E-state index in [0.29, 0.717) is 17.6 Å². The van der Waals surface area contributed by atoms with Crippen molar-refractivity contribution in [1.29, 1.82) is 0 Å². The number of thiocarbonyl (C=S) groups is 1. The van der Waals surface area contributed by atoms with Crippen LogP contribution in [0.5, 0.6) is 0 Å². The van der Waals surface area contributed by atoms with Crippen molar-refractivity contribution in [1.82, 2.24) is 10.2 Å². The molecule has 0 spiro atoms. The second-order valence-electron chi connectivity index (χ2n) is 7.59. The third kappa shape index (κ3) is 4.17. The number of hydrogen-bond donors (Lipinski definition) is 2. The number of halogens is 1. The summed E-state index contributed by atoms with van der Waals surface area (Å²) in [5.41, 5.74) is 1.36. The average molecular weight is 398 g/mol. The predicted octanol–water partition coefficient (Wildman–Crippen LogP) is 4.34. The molecule has 2 heterocycles. The maximum Gasteiger partial charge on any atom is 0.251 e. The molecule has 0 radical (unpaired) electrons. The monoisotopic (exact) mass is 397 g/mol. The third-order valence-electron chi connectivity index (χ3n) is 5.66. The molecule has 2 bridgehead atoms. The molecule has 146 valence electrons. The van der Waals surface area contributed by atoms with Crippen LogP contribution in [0.1, 0.15) is 42.5 Å². The van der Waals surface area contributed by atoms with Crippen molar-refractivity contribution in [3.63, 3.8) is 0 Å². The summed E-state index contributed by atoms with van der Waals surface area (Å²) in [6.07, 6.45) is 5.03. The average Bonchev–Trinajstić information content (AvgIpc) is 2.68. The summed E-state index contributed by atoms with van der Waals surface area (Å²) in [6, 6.07) is 16.5. The van der Waals surface area contributed by atoms with Crippen LogP contribution in [0, 0.1) is 5.82 Å². The van der Waals surface area contributed by atoms with Crippen LogP contribution in [0.25, 0.3) is 0 Å². The Morgan fingerprint density at radius 2 is 1.75 bits per heavy atom. The first-order valence-corrected chi connectivity index (χ1v) is 10.2. The zero-order valence-corrected chi connectivity index (χ0v) is 16.4. The van der Waals surface area contributed by atoms with Crippen LogP contribution in [-0.4, -0.2) is 34.0 Å². The van der Waals surface area contributed by atoms with Crippen molar-refractivity contribution in [2.75, 3.05) is 5.32 Å². The fraction of sp³-hybridized carbons (Fsp3) is 0.364. The Labute approximate surface area is 170 Å². The number of carbonyl (C=O) groups excluding carboxylic acids is 1. The van der Waals surface area contributed by atoms with Gasteiger partial charge in [0.2, 0.25) is 0 Å². The molecule has 6 heteroatoms. The van der Waals surface area contributed by atoms with E-state index in [1.165, 1.54) is 18.6 Å². The summed E-state index contributed by atoms with van der Waals surface area (Å²) in [7, 11) is 0. The highest BCUT2D eigenvalue weighted by molar-refractivity contribution is 7.80. The first kappa shape index (κ1) is 18.9. The number of benzene rings is 2. The number of fused-ring (bicyclic) bond motifs is 2. The van der Waals surface area contributed by atoms with Crippen molar-refractivity contribution >= 4 is 28.9 Å². The number of nitrogens with zero attached hydrogens (tertiary/aromatic N) is 1. The molecule has 4 rings (SSSR count). The second kappa shape index (κ2) is 8.27. The lowest BCUT2D eigenvalue weighted by Gasteiger charge is -2.50. The number of para-hydroxylation sites is 1. The van der Waals surface area contributed by atoms with Crippen molar-refractivity contribution in [3.05, 3.63) is 66.0 Å². The minimum absolute atomic E-state index is 0.0850. The van der Waals surface area contributed by atoms with Gasteiger partial charge in [0.05, 0.1) is 0 Å². The molecule has 2 fully saturated rings. The van der Waals surface area contributed by atoms with Gasteiger partial charge in [0, 0.05) is 29.4 Å². The lowest BCUT2D eigenvalue weighted by molar-refractivity contribution is 0.0755. The topological polar surface area (TPSA) is 44.4 Å². The molecule has 2 aliphatic heterocycles. The molecule has 0 unspecified atom stereocenters. The van der Waals surface area contributed by atoms with Crippen LogP contribution in [0.15, 0.2) is 54.6 Å². The Balaban J connectivity index is 1.42. The van der Waals surface area contributed by atoms with E-state index in [0.717, 1.165) is 36.5 Å². The van der Waals surface area contributed by atoms with Gasteiger partial charge in [-0.1, -0.05) is 24.3 Å². The van der Waals surface area contributed by atoms with Gasteiger partial charge in [0.15, 0.2) is 5.11 Å². The Bertz CT molecular complexity index is 846. The van der Waals surface area contributed by atoms with Gasteiger partial charge in [-0.2, -0.15) is 0 Å². The molecule has 1 amide bonds. The SMILES string of the molecule is O=C(NC1C[C@@H]2CCC[C@@H](C1)N2C(=S)Nc1ccccc1)c1cccc(F)c1. The Hall–Kier alpha value is -2.47. The third-order valence-corrected chi connectivity index (χ3v) is 5.97. The van der Waals surface area contributed by atoms with Gasteiger partial charge in [-0.25, -0.2) is 4.39 Å². The molecule has 2 aromatic carbocycles. The predicted molar refractivity (Wildman–Crippen MR) is 113 cm³/mol. The van der Waals surface area contributed by atoms with E-state index < -0.39 is 5.82 Å². The van der Waals surface area contributed by atoms with E-state index >= 15 is 0 Å². The van der Waals surface area contributed by atoms with E-state index in [4.69, 9.17) is 12.2 Å². The number of piperidine rings is 2. The fourth-order valence-electron chi connectivity index (χ4n) is 4.44. The molecule has 2 aliphatic rings. The van der Waals surface area contributed by atoms with Gasteiger partial charge in [-0.3, -0.25) is 4.79 Å². The molecule has 0 aromatic heterocycles. The highest BCUT2D eigenvalue weighted by Crippen LogP contribution is 2.34. The molecule has 2 aromatic rings. The summed E-state index contributed by atoms with van der Waals surface area (Å²) in [5, 5.41) is 7.22. The largest absolute Gasteiger partial charge is 0.349 e. The van der Waals surface area contributed by atoms with Crippen LogP contribution < -0.4 is 10.6 Å². The van der Waals surface area contributed by atoms with Crippen LogP contribution in [-0.2, 0) is 0 Å². The van der Waals surface area contributed by atoms with E-state index in [2.05, 4.69) is 15.5 Å². The van der Waals surface area contributed by atoms with Gasteiger partial charge < -0.3 is 15.5 Å². The van der Waals surface area contributed by atoms with Crippen molar-refractivity contribution in [3.8, 4) is 0 Å². The zero-order chi connectivity index (χ0) is 19.5. The number of rotatable bonds is 3. The minimum Gasteiger partial charge on any atom is -0.349 e. The maximum atomic E-state index is 13.4. The van der Waals surface area contributed by atoms with Gasteiger partial charge in [0.1, 0.15) is 5.82 Å². The highest BCUT2D eigenvalue weighted by atomic mass is 32.1. The molecule has 28 heavy (non-hydrogen) atoms. The van der Waals surface area contributed by atoms with Gasteiger partial charge >= 0.3 is 0 Å². The molecule has 0 saturated carbocycles. The zero-order valence-electron chi connectivity index (χ0n) is 15.6. The van der Waals surface area contributed by atoms with E-state index in [1.54, 1.807) is 12.1 Å². The molecular weight excluding hydrogens is 373 g/mol. The number of hydrogen-bond acceptors (Lipinski definition) is 2. The van der Waals surface area contributed by atoms with Crippen molar-refractivity contribution in [2.45, 2.75) is 50.2 Å². The quantitative estimate of drug-likeness (QED) is 0.757. The molecule has 4 nitrogen and oxygen atoms in total. The Kier molecular flexibility index (Phi) is 5.57. The molecule has 2 atom stereocenters. The number of amides is 1. The number of nitrogens with one attached hydrogen (secondary N) is 2. The Morgan fingerprint density at radius 3 is 2.43 bits per heavy atom. The van der Waals surface area contributed by atoms with E-state index in [9.17, 15) is 9.18 Å². The van der Waals surface area contributed by atoms with Crippen LogP contribution in [0.2, 0.25) is 0 Å². The van der Waals surface area contributed by atoms with E-state index in [-0.39, 0.29) is 11.9 Å². The fourth-order valence-corrected chi connectivity index (χ4v) is 4.85. The summed E-state index contributed by atoms with van der Waals surface area (Å²) < 4.78 is 13.4. The maximum absolute atomic E-state index is 13.4. The molecule has 0 aliphatic carbocycles. The number of carbonyl (C=O) groups is 1. The van der Waals surface area contributed by atoms with E-state index in [1.807, 2.05) is 30.3 Å². The first-order chi connectivity index (χ1) is 13.6. The van der Waals surface area contributed by atoms with Crippen molar-refractivity contribution < 1.29 is 9.18 Å². The highest BCUT2D eigenvalue weighted by Gasteiger charge is 2.40. The minimum atomic E-state index is -0.392. The normalized spacial score (nSPS) is 23.8. The van der Waals surface area contributed by atoms with Gasteiger partial charge in [0.25, 0.3) is 5.91 Å². The Morgan fingerprint density at radius 1 is 1.04 bits per heavy atom. The standard InChI is InChI=1S/C22H24FN3OS/c23-16-7-4-6-15(12-16)21(27)24-18-13-19-10-5-11-20(14-18)26(19)22(28)25-17-8-2-1-3-9-17/h1-4,6-9,12,18-20H,5,10-11,13-14H2,(H,24,27)(H,25,28)/t19-,20-/m0/s1. The summed E-state index contributed by atoms with van der Waals surface area (Å²) in [5.74, 6) is -0.599. The van der Waals surface area contributed by atoms with Crippen LogP contribution >= 0.6 is 12.2 Å². The first-order valence-electron chi connectivity index (χ1n) is 9.81. The van der Waals surface area contributed by atoms with Crippen molar-refractivity contribution in [2.24, 2.45) is 0 Å². The molecular formula is C22H24FN3OS. The second-order valence-corrected chi connectivity index (χ2v) is 7.98. The molecule has 2 saturated heterocycles. The van der Waals surface area contributed by atoms with Crippen LogP contribution in [0.4, 0.5) is 10.1 Å². The summed E-state index contributed by atoms with van der Waals surface area (Å²) >= 11 is 5.71. The van der Waals surface area contributed by atoms with Crippen LogP contribution in [0.3, 0.4) is 0 Å². The lowest BCUT2D eigenvalue weighted by Crippen LogP contribution is -2.59.